The van der Waals surface area contributed by atoms with Gasteiger partial charge in [0, 0.05) is 17.7 Å². The number of thiol groups is 2. The van der Waals surface area contributed by atoms with Gasteiger partial charge in [0.05, 0.1) is 11.1 Å². The molecule has 4 aliphatic rings. The lowest BCUT2D eigenvalue weighted by atomic mass is 9.77. The number of carboxylic acid groups (broad SMARTS) is 1. The molecule has 3 saturated carbocycles. The van der Waals surface area contributed by atoms with Crippen LogP contribution < -0.4 is 0 Å². The van der Waals surface area contributed by atoms with E-state index >= 15 is 0 Å². The van der Waals surface area contributed by atoms with Gasteiger partial charge in [0.15, 0.2) is 33.3 Å². The molecule has 30 heteroatoms. The Morgan fingerprint density at radius 2 is 0.830 bits per heavy atom. The van der Waals surface area contributed by atoms with Crippen molar-refractivity contribution in [1.82, 2.24) is 0 Å². The number of halogens is 14. The Kier molecular flexibility index (Phi) is 63.2. The standard InChI is InChI=1S/C26H39F5O.C21H31S2.C18H26O2.C8H15F3O.C3H8S2.2CHF3O3S.4CH4/c1-3-5-7-9-11-24(25(27,28)29)32-26(30,31)23-18-16-22(17-19-23)21-14-12-20(13-15-21)10-8-6-4-2;1-2-3-4-6-17-7-9-18(10-8-17)19-11-13-20(14-12-19)21-22-15-5-16-23-21;1-2-3-4-5-14-6-8-15(9-7-14)16-10-12-17(13-11-16)18(19)20;1-2-3-4-5-6-7(12)8(9,10)11;4-2-1-3-5;2*2-1(3,4)8(5,6)7;;;;/h16-21,24H,3-15H2,1-2H3;11-14,17-18H,2-10,15-16H2,1H3;10-15H,2-9H2,1H3,(H,19,20);7,12H,2-6H2,1H3;4-5H,1-3H2;2*(H,5,6,7);4*1H4/q;+1;;;;;;;;;/p-1. The summed E-state index contributed by atoms with van der Waals surface area (Å²) < 4.78 is 226. The summed E-state index contributed by atoms with van der Waals surface area (Å²) in [4.78, 5) is 10.9. The summed E-state index contributed by atoms with van der Waals surface area (Å²) in [6, 6.07) is 22.8. The van der Waals surface area contributed by atoms with Crippen molar-refractivity contribution >= 4 is 78.8 Å². The number of benzene rings is 3. The molecule has 0 aromatic heterocycles. The fraction of sp³-hybridized carbons (Fsp3) is 0.756. The Morgan fingerprint density at radius 3 is 1.11 bits per heavy atom. The van der Waals surface area contributed by atoms with Crippen LogP contribution in [0.2, 0.25) is 0 Å². The van der Waals surface area contributed by atoms with Crippen molar-refractivity contribution in [3.63, 3.8) is 0 Å². The van der Waals surface area contributed by atoms with Gasteiger partial charge in [-0.3, -0.25) is 4.55 Å². The highest BCUT2D eigenvalue weighted by molar-refractivity contribution is 8.23. The SMILES string of the molecule is C.C.C.C.CCCCCC1CCC(c2ccc(C(=O)O)cc2)CC1.CCCCCC1CCC(c2ccc(C3=[S+]CCCS3)cc2)CC1.CCCCCCC(O)C(F)(F)F.CCCCCCC(OC(F)(F)c1ccc(C2CCC(CCCCC)CC2)cc1)C(F)(F)F.O=S(=O)(O)C(F)(F)F.O=S(=O)([O-])C(F)(F)F.SCCCS. The molecule has 112 heavy (non-hydrogen) atoms. The van der Waals surface area contributed by atoms with Gasteiger partial charge in [-0.25, -0.2) is 13.2 Å². The lowest BCUT2D eigenvalue weighted by Gasteiger charge is -2.29. The van der Waals surface area contributed by atoms with Gasteiger partial charge >= 0.3 is 45.6 Å². The second-order valence-electron chi connectivity index (χ2n) is 28.2. The monoisotopic (exact) mass is 1740 g/mol. The molecule has 0 radical (unpaired) electrons. The fourth-order valence-corrected chi connectivity index (χ4v) is 16.2. The summed E-state index contributed by atoms with van der Waals surface area (Å²) >= 11 is 12.0. The van der Waals surface area contributed by atoms with Crippen LogP contribution >= 0.6 is 37.0 Å². The molecule has 1 heterocycles. The van der Waals surface area contributed by atoms with Crippen LogP contribution in [0.15, 0.2) is 72.8 Å². The van der Waals surface area contributed by atoms with Gasteiger partial charge in [-0.05, 0) is 184 Å². The van der Waals surface area contributed by atoms with Crippen molar-refractivity contribution < 1.29 is 107 Å². The number of aliphatic hydroxyl groups is 1. The minimum Gasteiger partial charge on any atom is -0.741 e. The van der Waals surface area contributed by atoms with Gasteiger partial charge in [-0.15, -0.1) is 0 Å². The molecule has 3 N–H and O–H groups in total. The quantitative estimate of drug-likeness (QED) is 0.00764. The van der Waals surface area contributed by atoms with E-state index < -0.39 is 79.9 Å². The van der Waals surface area contributed by atoms with Gasteiger partial charge in [-0.2, -0.15) is 95.1 Å². The van der Waals surface area contributed by atoms with Crippen molar-refractivity contribution in [1.29, 1.82) is 0 Å². The van der Waals surface area contributed by atoms with Crippen molar-refractivity contribution in [2.45, 2.75) is 355 Å². The Labute approximate surface area is 683 Å². The predicted octanol–water partition coefficient (Wildman–Crippen LogP) is 28.1. The molecule has 3 aromatic rings. The number of rotatable bonds is 32. The van der Waals surface area contributed by atoms with Crippen LogP contribution in [0.5, 0.6) is 0 Å². The molecule has 3 aromatic carbocycles. The van der Waals surface area contributed by atoms with Crippen molar-refractivity contribution in [2.75, 3.05) is 23.0 Å². The maximum absolute atomic E-state index is 14.6. The highest BCUT2D eigenvalue weighted by atomic mass is 32.2. The Morgan fingerprint density at radius 1 is 0.500 bits per heavy atom. The number of alkyl halides is 14. The molecule has 1 aliphatic heterocycles. The zero-order valence-electron chi connectivity index (χ0n) is 63.3. The molecule has 658 valence electrons. The summed E-state index contributed by atoms with van der Waals surface area (Å²) in [5, 5.41) is 17.5. The number of aromatic carboxylic acids is 1. The molecule has 0 spiro atoms. The molecule has 0 bridgehead atoms. The average molecular weight is 1740 g/mol. The van der Waals surface area contributed by atoms with E-state index in [-0.39, 0.29) is 42.5 Å². The van der Waals surface area contributed by atoms with Gasteiger partial charge in [-0.1, -0.05) is 253 Å². The van der Waals surface area contributed by atoms with Gasteiger partial charge in [0.1, 0.15) is 6.10 Å². The van der Waals surface area contributed by atoms with E-state index in [2.05, 4.69) is 75.0 Å². The third-order valence-corrected chi connectivity index (χ3v) is 24.0. The summed E-state index contributed by atoms with van der Waals surface area (Å²) in [6.45, 7) is 10.7. The lowest BCUT2D eigenvalue weighted by Crippen LogP contribution is -2.37. The van der Waals surface area contributed by atoms with Gasteiger partial charge in [0.25, 0.3) is 4.20 Å². The van der Waals surface area contributed by atoms with Crippen molar-refractivity contribution in [3.05, 3.63) is 106 Å². The average Bonchev–Trinajstić information content (AvgIpc) is 0.814. The van der Waals surface area contributed by atoms with Gasteiger partial charge < -0.3 is 19.5 Å². The summed E-state index contributed by atoms with van der Waals surface area (Å²) in [5.74, 6) is 8.18. The van der Waals surface area contributed by atoms with Crippen LogP contribution in [0, 0.1) is 17.8 Å². The topological polar surface area (TPSA) is 178 Å². The highest BCUT2D eigenvalue weighted by Crippen LogP contribution is 2.43. The minimum atomic E-state index is -6.09. The zero-order valence-corrected chi connectivity index (χ0v) is 68.4. The number of carboxylic acids is 1. The van der Waals surface area contributed by atoms with Crippen molar-refractivity contribution in [2.24, 2.45) is 17.8 Å². The molecular weight excluding hydrogens is 1600 g/mol. The third kappa shape index (κ3) is 50.1. The summed E-state index contributed by atoms with van der Waals surface area (Å²) in [6.07, 6.45) is 21.2. The number of aliphatic hydroxyl groups excluding tert-OH is 1. The van der Waals surface area contributed by atoms with E-state index in [0.29, 0.717) is 30.2 Å². The van der Waals surface area contributed by atoms with E-state index in [1.807, 2.05) is 49.1 Å². The van der Waals surface area contributed by atoms with Crippen LogP contribution in [-0.2, 0) is 42.4 Å². The molecule has 7 rings (SSSR count). The smallest absolute Gasteiger partial charge is 0.522 e. The van der Waals surface area contributed by atoms with E-state index in [0.717, 1.165) is 105 Å². The molecule has 3 fully saturated rings. The first-order valence-electron chi connectivity index (χ1n) is 38.4. The maximum atomic E-state index is 14.6. The first-order valence-corrected chi connectivity index (χ1v) is 44.5. The van der Waals surface area contributed by atoms with Crippen molar-refractivity contribution in [3.8, 4) is 0 Å². The number of hydrogen-bond acceptors (Lipinski definition) is 11. The Balaban J connectivity index is -0.000000650. The van der Waals surface area contributed by atoms with E-state index in [9.17, 15) is 66.3 Å². The molecule has 2 atom stereocenters. The minimum absolute atomic E-state index is 0. The lowest BCUT2D eigenvalue weighted by molar-refractivity contribution is -0.333. The molecule has 2 unspecified atom stereocenters. The first kappa shape index (κ1) is 115. The number of carbonyl (C=O) groups is 1. The Bertz CT molecular complexity index is 3020. The van der Waals surface area contributed by atoms with E-state index in [4.69, 9.17) is 36.2 Å². The second-order valence-corrected chi connectivity index (χ2v) is 34.3. The van der Waals surface area contributed by atoms with Crippen LogP contribution in [0.3, 0.4) is 0 Å². The summed E-state index contributed by atoms with van der Waals surface area (Å²) in [7, 11) is -11.9. The van der Waals surface area contributed by atoms with Crippen LogP contribution in [-0.4, -0.2) is 105 Å². The molecule has 0 saturated heterocycles. The largest absolute Gasteiger partial charge is 0.741 e. The van der Waals surface area contributed by atoms with Crippen LogP contribution in [0.4, 0.5) is 61.5 Å². The second kappa shape index (κ2) is 61.3. The number of thioether (sulfide) groups is 1. The normalized spacial score (nSPS) is 19.2. The van der Waals surface area contributed by atoms with Crippen LogP contribution in [0.1, 0.15) is 351 Å². The fourth-order valence-electron chi connectivity index (χ4n) is 13.0. The van der Waals surface area contributed by atoms with E-state index in [1.165, 1.54) is 170 Å². The number of unbranched alkanes of at least 4 members (excludes halogenated alkanes) is 12. The van der Waals surface area contributed by atoms with E-state index in [1.54, 1.807) is 34.0 Å². The molecular formula is C82H136F14O10S6. The number of ether oxygens (including phenoxy) is 1. The van der Waals surface area contributed by atoms with Gasteiger partial charge in [0.2, 0.25) is 0 Å². The van der Waals surface area contributed by atoms with Crippen LogP contribution in [0.25, 0.3) is 0 Å². The molecule has 0 amide bonds. The predicted molar refractivity (Wildman–Crippen MR) is 443 cm³/mol. The zero-order chi connectivity index (χ0) is 81.6. The maximum Gasteiger partial charge on any atom is 0.522 e. The first-order chi connectivity index (χ1) is 50.6. The Hall–Kier alpha value is -2.97. The molecule has 3 aliphatic carbocycles. The number of hydrogen-bond donors (Lipinski definition) is 5. The summed E-state index contributed by atoms with van der Waals surface area (Å²) in [5.41, 5.74) is -5.95. The molecule has 10 nitrogen and oxygen atoms in total. The third-order valence-electron chi connectivity index (χ3n) is 19.5. The highest BCUT2D eigenvalue weighted by Gasteiger charge is 2.48.